The van der Waals surface area contributed by atoms with Crippen molar-refractivity contribution < 1.29 is 4.74 Å². The van der Waals surface area contributed by atoms with E-state index in [0.29, 0.717) is 5.92 Å². The van der Waals surface area contributed by atoms with Gasteiger partial charge in [-0.3, -0.25) is 4.90 Å². The molecule has 2 rings (SSSR count). The monoisotopic (exact) mass is 254 g/mol. The third-order valence-electron chi connectivity index (χ3n) is 3.94. The average molecular weight is 254 g/mol. The van der Waals surface area contributed by atoms with Gasteiger partial charge in [0.25, 0.3) is 0 Å². The summed E-state index contributed by atoms with van der Waals surface area (Å²) in [5.74, 6) is 0.652. The molecule has 1 aliphatic carbocycles. The van der Waals surface area contributed by atoms with Crippen LogP contribution >= 0.6 is 0 Å². The molecular weight excluding hydrogens is 224 g/mol. The van der Waals surface area contributed by atoms with Gasteiger partial charge in [0.15, 0.2) is 0 Å². The molecule has 0 radical (unpaired) electrons. The summed E-state index contributed by atoms with van der Waals surface area (Å²) in [6, 6.07) is 1.59. The summed E-state index contributed by atoms with van der Waals surface area (Å²) in [6.45, 7) is 9.80. The molecule has 0 aromatic rings. The van der Waals surface area contributed by atoms with E-state index in [1.54, 1.807) is 0 Å². The first-order valence-electron chi connectivity index (χ1n) is 7.81. The second kappa shape index (κ2) is 7.46. The molecule has 0 aromatic carbocycles. The maximum absolute atomic E-state index is 5.72. The molecule has 2 aliphatic rings. The smallest absolute Gasteiger partial charge is 0.0593 e. The number of rotatable bonds is 8. The molecule has 1 heterocycles. The van der Waals surface area contributed by atoms with Crippen molar-refractivity contribution in [1.29, 1.82) is 0 Å². The van der Waals surface area contributed by atoms with Crippen LogP contribution in [0.2, 0.25) is 0 Å². The molecule has 1 saturated carbocycles. The average Bonchev–Trinajstić information content (AvgIpc) is 3.17. The Morgan fingerprint density at radius 3 is 2.78 bits per heavy atom. The van der Waals surface area contributed by atoms with Gasteiger partial charge in [-0.25, -0.2) is 0 Å². The van der Waals surface area contributed by atoms with Crippen LogP contribution in [-0.2, 0) is 4.74 Å². The highest BCUT2D eigenvalue weighted by Gasteiger charge is 2.26. The third kappa shape index (κ3) is 5.25. The quantitative estimate of drug-likeness (QED) is 0.673. The molecule has 1 unspecified atom stereocenters. The Hall–Kier alpha value is -0.120. The molecule has 2 fully saturated rings. The number of hydrogen-bond donors (Lipinski definition) is 1. The lowest BCUT2D eigenvalue weighted by Gasteiger charge is -2.36. The first-order valence-corrected chi connectivity index (χ1v) is 7.81. The topological polar surface area (TPSA) is 24.5 Å². The van der Waals surface area contributed by atoms with Crippen LogP contribution in [0.15, 0.2) is 0 Å². The summed E-state index contributed by atoms with van der Waals surface area (Å²) in [7, 11) is 0. The number of hydrogen-bond acceptors (Lipinski definition) is 3. The van der Waals surface area contributed by atoms with Gasteiger partial charge in [-0.15, -0.1) is 0 Å². The first kappa shape index (κ1) is 14.3. The Morgan fingerprint density at radius 2 is 2.06 bits per heavy atom. The van der Waals surface area contributed by atoms with Crippen molar-refractivity contribution in [2.24, 2.45) is 5.92 Å². The van der Waals surface area contributed by atoms with Crippen LogP contribution in [-0.4, -0.2) is 49.8 Å². The summed E-state index contributed by atoms with van der Waals surface area (Å²) < 4.78 is 5.72. The van der Waals surface area contributed by atoms with Crippen molar-refractivity contribution in [2.45, 2.75) is 58.0 Å². The molecule has 1 aliphatic heterocycles. The lowest BCUT2D eigenvalue weighted by atomic mass is 10.0. The van der Waals surface area contributed by atoms with Gasteiger partial charge in [0.2, 0.25) is 0 Å². The van der Waals surface area contributed by atoms with E-state index in [4.69, 9.17) is 4.74 Å². The zero-order chi connectivity index (χ0) is 12.8. The minimum atomic E-state index is 0.652. The summed E-state index contributed by atoms with van der Waals surface area (Å²) in [4.78, 5) is 2.64. The molecule has 3 heteroatoms. The van der Waals surface area contributed by atoms with Gasteiger partial charge in [0, 0.05) is 31.8 Å². The highest BCUT2D eigenvalue weighted by molar-refractivity contribution is 4.85. The van der Waals surface area contributed by atoms with Gasteiger partial charge >= 0.3 is 0 Å². The normalized spacial score (nSPS) is 25.8. The van der Waals surface area contributed by atoms with Gasteiger partial charge in [0.1, 0.15) is 0 Å². The van der Waals surface area contributed by atoms with Crippen LogP contribution < -0.4 is 5.32 Å². The fourth-order valence-electron chi connectivity index (χ4n) is 2.68. The molecule has 0 spiro atoms. The fraction of sp³-hybridized carbons (Fsp3) is 1.00. The molecule has 1 atom stereocenters. The van der Waals surface area contributed by atoms with E-state index in [2.05, 4.69) is 24.1 Å². The molecule has 3 nitrogen and oxygen atoms in total. The number of piperidine rings is 1. The van der Waals surface area contributed by atoms with Gasteiger partial charge in [-0.1, -0.05) is 20.3 Å². The van der Waals surface area contributed by atoms with Crippen LogP contribution in [0.4, 0.5) is 0 Å². The van der Waals surface area contributed by atoms with E-state index < -0.39 is 0 Å². The number of ether oxygens (including phenoxy) is 1. The summed E-state index contributed by atoms with van der Waals surface area (Å²) in [5, 5.41) is 3.68. The van der Waals surface area contributed by atoms with Crippen molar-refractivity contribution in [3.63, 3.8) is 0 Å². The third-order valence-corrected chi connectivity index (χ3v) is 3.94. The Morgan fingerprint density at radius 1 is 1.22 bits per heavy atom. The van der Waals surface area contributed by atoms with Crippen LogP contribution in [0.1, 0.15) is 46.0 Å². The van der Waals surface area contributed by atoms with Gasteiger partial charge < -0.3 is 10.1 Å². The number of likely N-dealkylation sites (tertiary alicyclic amines) is 1. The van der Waals surface area contributed by atoms with Crippen LogP contribution in [0.3, 0.4) is 0 Å². The summed E-state index contributed by atoms with van der Waals surface area (Å²) >= 11 is 0. The minimum Gasteiger partial charge on any atom is -0.380 e. The zero-order valence-corrected chi connectivity index (χ0v) is 12.2. The lowest BCUT2D eigenvalue weighted by Crippen LogP contribution is -2.47. The SMILES string of the molecule is CC(C)COCCN1CCCCC1CNC1CC1. The Kier molecular flexibility index (Phi) is 5.93. The maximum Gasteiger partial charge on any atom is 0.0593 e. The molecule has 0 bridgehead atoms. The Labute approximate surface area is 112 Å². The van der Waals surface area contributed by atoms with E-state index in [1.165, 1.54) is 45.2 Å². The first-order chi connectivity index (χ1) is 8.75. The van der Waals surface area contributed by atoms with Gasteiger partial charge in [-0.2, -0.15) is 0 Å². The van der Waals surface area contributed by atoms with Crippen molar-refractivity contribution in [1.82, 2.24) is 10.2 Å². The van der Waals surface area contributed by atoms with E-state index >= 15 is 0 Å². The van der Waals surface area contributed by atoms with E-state index in [0.717, 1.165) is 31.8 Å². The van der Waals surface area contributed by atoms with Crippen LogP contribution in [0.25, 0.3) is 0 Å². The van der Waals surface area contributed by atoms with Crippen LogP contribution in [0.5, 0.6) is 0 Å². The highest BCUT2D eigenvalue weighted by atomic mass is 16.5. The number of nitrogens with zero attached hydrogens (tertiary/aromatic N) is 1. The molecular formula is C15H30N2O. The van der Waals surface area contributed by atoms with Crippen molar-refractivity contribution in [2.75, 3.05) is 32.8 Å². The predicted molar refractivity (Wildman–Crippen MR) is 75.9 cm³/mol. The van der Waals surface area contributed by atoms with Crippen molar-refractivity contribution in [3.8, 4) is 0 Å². The Bertz CT molecular complexity index is 229. The Balaban J connectivity index is 1.62. The molecule has 0 amide bonds. The minimum absolute atomic E-state index is 0.652. The lowest BCUT2D eigenvalue weighted by molar-refractivity contribution is 0.0599. The van der Waals surface area contributed by atoms with E-state index in [1.807, 2.05) is 0 Å². The van der Waals surface area contributed by atoms with Crippen molar-refractivity contribution in [3.05, 3.63) is 0 Å². The second-order valence-electron chi connectivity index (χ2n) is 6.34. The number of nitrogens with one attached hydrogen (secondary N) is 1. The summed E-state index contributed by atoms with van der Waals surface area (Å²) in [5.41, 5.74) is 0. The maximum atomic E-state index is 5.72. The van der Waals surface area contributed by atoms with Crippen molar-refractivity contribution >= 4 is 0 Å². The predicted octanol–water partition coefficient (Wildman–Crippen LogP) is 2.27. The second-order valence-corrected chi connectivity index (χ2v) is 6.34. The molecule has 106 valence electrons. The molecule has 18 heavy (non-hydrogen) atoms. The molecule has 1 N–H and O–H groups in total. The zero-order valence-electron chi connectivity index (χ0n) is 12.2. The van der Waals surface area contributed by atoms with Gasteiger partial charge in [0.05, 0.1) is 6.61 Å². The van der Waals surface area contributed by atoms with E-state index in [-0.39, 0.29) is 0 Å². The largest absolute Gasteiger partial charge is 0.380 e. The fourth-order valence-corrected chi connectivity index (χ4v) is 2.68. The molecule has 0 aromatic heterocycles. The summed E-state index contributed by atoms with van der Waals surface area (Å²) in [6.07, 6.45) is 6.92. The van der Waals surface area contributed by atoms with Crippen LogP contribution in [0, 0.1) is 5.92 Å². The van der Waals surface area contributed by atoms with E-state index in [9.17, 15) is 0 Å². The standard InChI is InChI=1S/C15H30N2O/c1-13(2)12-18-10-9-17-8-4-3-5-15(17)11-16-14-6-7-14/h13-16H,3-12H2,1-2H3. The highest BCUT2D eigenvalue weighted by Crippen LogP contribution is 2.21. The molecule has 1 saturated heterocycles. The van der Waals surface area contributed by atoms with Gasteiger partial charge in [-0.05, 0) is 38.1 Å².